The minimum atomic E-state index is -1.22. The van der Waals surface area contributed by atoms with Crippen molar-refractivity contribution in [3.63, 3.8) is 0 Å². The van der Waals surface area contributed by atoms with E-state index in [2.05, 4.69) is 17.0 Å². The maximum atomic E-state index is 14.2. The predicted octanol–water partition coefficient (Wildman–Crippen LogP) is 3.07. The molecule has 236 valence electrons. The van der Waals surface area contributed by atoms with Crippen LogP contribution in [0.5, 0.6) is 0 Å². The number of carbonyl (C=O) groups excluding carboxylic acids is 3. The number of allylic oxidation sites excluding steroid dienone is 1. The van der Waals surface area contributed by atoms with Crippen molar-refractivity contribution in [2.75, 3.05) is 39.9 Å². The number of Topliss-reactive ketones (excluding diaryl/α,β-unsaturated/α-hetero) is 1. The van der Waals surface area contributed by atoms with Crippen molar-refractivity contribution in [3.8, 4) is 0 Å². The van der Waals surface area contributed by atoms with Gasteiger partial charge in [-0.15, -0.1) is 0 Å². The third-order valence-corrected chi connectivity index (χ3v) is 10.6. The molecule has 6 atom stereocenters. The van der Waals surface area contributed by atoms with Gasteiger partial charge < -0.3 is 29.3 Å². The van der Waals surface area contributed by atoms with Crippen molar-refractivity contribution in [3.05, 3.63) is 70.1 Å². The number of rotatable bonds is 6. The smallest absolute Gasteiger partial charge is 0.340 e. The Morgan fingerprint density at radius 1 is 1.11 bits per heavy atom. The van der Waals surface area contributed by atoms with E-state index < -0.39 is 52.6 Å². The van der Waals surface area contributed by atoms with Gasteiger partial charge in [0.2, 0.25) is 5.78 Å². The van der Waals surface area contributed by atoms with Gasteiger partial charge >= 0.3 is 11.9 Å². The first-order chi connectivity index (χ1) is 21.0. The fourth-order valence-corrected chi connectivity index (χ4v) is 8.35. The third-order valence-electron chi connectivity index (χ3n) is 10.6. The molecule has 1 aromatic carbocycles. The Bertz CT molecular complexity index is 1440. The number of nitrogens with zero attached hydrogens (tertiary/aromatic N) is 2. The van der Waals surface area contributed by atoms with E-state index in [4.69, 9.17) is 14.2 Å². The number of hydrogen-bond acceptors (Lipinski definition) is 10. The molecule has 3 fully saturated rings. The van der Waals surface area contributed by atoms with Crippen molar-refractivity contribution >= 4 is 17.7 Å². The van der Waals surface area contributed by atoms with E-state index in [0.29, 0.717) is 43.5 Å². The van der Waals surface area contributed by atoms with E-state index in [-0.39, 0.29) is 23.7 Å². The number of esters is 2. The fourth-order valence-electron chi connectivity index (χ4n) is 8.35. The van der Waals surface area contributed by atoms with Crippen LogP contribution >= 0.6 is 0 Å². The largest absolute Gasteiger partial charge is 0.504 e. The number of carbonyl (C=O) groups is 3. The number of fused-ring (bicyclic) bond motifs is 4. The molecule has 0 aromatic heterocycles. The predicted molar refractivity (Wildman–Crippen MR) is 160 cm³/mol. The van der Waals surface area contributed by atoms with Gasteiger partial charge in [-0.2, -0.15) is 0 Å². The highest BCUT2D eigenvalue weighted by atomic mass is 16.6. The number of hydrogen-bond donors (Lipinski definition) is 2. The Hall–Kier alpha value is -3.47. The Balaban J connectivity index is 1.40. The first-order valence-electron chi connectivity index (χ1n) is 15.5. The maximum Gasteiger partial charge on any atom is 0.340 e. The van der Waals surface area contributed by atoms with E-state index in [1.165, 1.54) is 19.6 Å². The SMILES string of the molecule is COC[C@H]1OC(=O)C(=CN2CCN(Cc3ccccc3)CC2)C2=C(O)C(=O)C3=C([C@H](OC(C)=O)C[C@@]4(C)C3CC[C@@H]4O)[C@]21C. The van der Waals surface area contributed by atoms with Gasteiger partial charge in [0, 0.05) is 69.5 Å². The molecule has 1 unspecified atom stereocenters. The molecule has 0 bridgehead atoms. The summed E-state index contributed by atoms with van der Waals surface area (Å²) in [5, 5.41) is 22.7. The topological polar surface area (TPSA) is 126 Å². The lowest BCUT2D eigenvalue weighted by molar-refractivity contribution is -0.161. The van der Waals surface area contributed by atoms with Gasteiger partial charge in [-0.05, 0) is 43.2 Å². The molecule has 1 aromatic rings. The molecule has 2 saturated heterocycles. The monoisotopic (exact) mass is 606 g/mol. The molecule has 10 nitrogen and oxygen atoms in total. The molecule has 5 aliphatic rings. The second-order valence-corrected chi connectivity index (χ2v) is 13.2. The lowest BCUT2D eigenvalue weighted by Gasteiger charge is -2.54. The van der Waals surface area contributed by atoms with E-state index in [1.807, 2.05) is 36.9 Å². The van der Waals surface area contributed by atoms with Crippen LogP contribution in [0.4, 0.5) is 0 Å². The molecule has 0 amide bonds. The normalized spacial score (nSPS) is 34.9. The zero-order valence-electron chi connectivity index (χ0n) is 25.9. The number of aliphatic hydroxyl groups excluding tert-OH is 2. The molecule has 2 aliphatic heterocycles. The van der Waals surface area contributed by atoms with Crippen LogP contribution in [0, 0.1) is 16.7 Å². The van der Waals surface area contributed by atoms with Gasteiger partial charge in [0.25, 0.3) is 0 Å². The second-order valence-electron chi connectivity index (χ2n) is 13.2. The Labute approximate surface area is 257 Å². The third kappa shape index (κ3) is 4.87. The zero-order valence-corrected chi connectivity index (χ0v) is 25.9. The van der Waals surface area contributed by atoms with Gasteiger partial charge in [-0.25, -0.2) is 4.79 Å². The average molecular weight is 607 g/mol. The van der Waals surface area contributed by atoms with Crippen LogP contribution in [0.1, 0.15) is 45.6 Å². The maximum absolute atomic E-state index is 14.2. The lowest BCUT2D eigenvalue weighted by Crippen LogP contribution is -2.57. The summed E-state index contributed by atoms with van der Waals surface area (Å²) in [6.07, 6.45) is 0.632. The molecular weight excluding hydrogens is 564 g/mol. The van der Waals surface area contributed by atoms with Crippen molar-refractivity contribution in [2.24, 2.45) is 16.7 Å². The molecule has 44 heavy (non-hydrogen) atoms. The van der Waals surface area contributed by atoms with Crippen LogP contribution in [-0.2, 0) is 35.1 Å². The molecule has 0 radical (unpaired) electrons. The molecule has 1 saturated carbocycles. The molecule has 2 N–H and O–H groups in total. The van der Waals surface area contributed by atoms with Gasteiger partial charge in [0.15, 0.2) is 5.76 Å². The van der Waals surface area contributed by atoms with E-state index in [9.17, 15) is 24.6 Å². The Kier molecular flexibility index (Phi) is 7.96. The summed E-state index contributed by atoms with van der Waals surface area (Å²) < 4.78 is 17.4. The summed E-state index contributed by atoms with van der Waals surface area (Å²) in [6, 6.07) is 10.3. The van der Waals surface area contributed by atoms with E-state index in [1.54, 1.807) is 6.20 Å². The number of methoxy groups -OCH3 is 1. The number of ketones is 1. The van der Waals surface area contributed by atoms with Gasteiger partial charge in [0.05, 0.1) is 23.7 Å². The number of benzene rings is 1. The lowest BCUT2D eigenvalue weighted by atomic mass is 9.53. The van der Waals surface area contributed by atoms with Crippen LogP contribution in [-0.4, -0.2) is 95.9 Å². The second kappa shape index (κ2) is 11.5. The van der Waals surface area contributed by atoms with E-state index in [0.717, 1.165) is 19.6 Å². The first-order valence-corrected chi connectivity index (χ1v) is 15.5. The first kappa shape index (κ1) is 30.6. The highest BCUT2D eigenvalue weighted by molar-refractivity contribution is 6.13. The number of cyclic esters (lactones) is 1. The fraction of sp³-hybridized carbons (Fsp3) is 0.559. The minimum absolute atomic E-state index is 0.00673. The standard InChI is InChI=1S/C34H42N2O8/c1-20(37)43-24-16-33(2)23(10-11-25(33)38)27-29(24)34(3)26(19-42-4)44-32(41)22(28(34)31(40)30(27)39)18-36-14-12-35(13-15-36)17-21-8-6-5-7-9-21/h5-9,18,23-26,38,40H,10-17,19H2,1-4H3/t23?,24-,25+,26-,33+,34+/m1/s1. The highest BCUT2D eigenvalue weighted by Crippen LogP contribution is 2.63. The molecule has 0 spiro atoms. The summed E-state index contributed by atoms with van der Waals surface area (Å²) in [7, 11) is 1.50. The van der Waals surface area contributed by atoms with E-state index >= 15 is 0 Å². The van der Waals surface area contributed by atoms with Crippen molar-refractivity contribution < 1.29 is 38.8 Å². The van der Waals surface area contributed by atoms with Crippen molar-refractivity contribution in [2.45, 2.75) is 64.9 Å². The number of ether oxygens (including phenoxy) is 3. The van der Waals surface area contributed by atoms with Gasteiger partial charge in [0.1, 0.15) is 12.2 Å². The summed E-state index contributed by atoms with van der Waals surface area (Å²) in [5.74, 6) is -2.59. The summed E-state index contributed by atoms with van der Waals surface area (Å²) in [6.45, 7) is 8.74. The van der Waals surface area contributed by atoms with Crippen molar-refractivity contribution in [1.82, 2.24) is 9.80 Å². The molecule has 3 aliphatic carbocycles. The summed E-state index contributed by atoms with van der Waals surface area (Å²) >= 11 is 0. The minimum Gasteiger partial charge on any atom is -0.504 e. The van der Waals surface area contributed by atoms with Gasteiger partial charge in [-0.3, -0.25) is 14.5 Å². The quantitative estimate of drug-likeness (QED) is 0.369. The van der Waals surface area contributed by atoms with Crippen LogP contribution in [0.3, 0.4) is 0 Å². The summed E-state index contributed by atoms with van der Waals surface area (Å²) in [4.78, 5) is 44.6. The Morgan fingerprint density at radius 2 is 1.82 bits per heavy atom. The molecule has 10 heteroatoms. The highest BCUT2D eigenvalue weighted by Gasteiger charge is 2.64. The van der Waals surface area contributed by atoms with Crippen LogP contribution in [0.25, 0.3) is 0 Å². The molecule has 2 heterocycles. The molecular formula is C34H42N2O8. The molecule has 6 rings (SSSR count). The summed E-state index contributed by atoms with van der Waals surface area (Å²) in [5.41, 5.74) is 0.501. The van der Waals surface area contributed by atoms with Crippen LogP contribution in [0.2, 0.25) is 0 Å². The average Bonchev–Trinajstić information content (AvgIpc) is 3.28. The zero-order chi connectivity index (χ0) is 31.4. The number of piperazine rings is 1. The van der Waals surface area contributed by atoms with Gasteiger partial charge in [-0.1, -0.05) is 37.3 Å². The Morgan fingerprint density at radius 3 is 2.48 bits per heavy atom. The number of aliphatic hydroxyl groups is 2. The van der Waals surface area contributed by atoms with Crippen molar-refractivity contribution in [1.29, 1.82) is 0 Å². The van der Waals surface area contributed by atoms with Crippen LogP contribution < -0.4 is 0 Å². The van der Waals surface area contributed by atoms with Crippen LogP contribution in [0.15, 0.2) is 64.6 Å².